The smallest absolute Gasteiger partial charge is 0.117 e. The number of nitrogens with zero attached hydrogens (tertiary/aromatic N) is 2. The van der Waals surface area contributed by atoms with Gasteiger partial charge in [0.2, 0.25) is 0 Å². The summed E-state index contributed by atoms with van der Waals surface area (Å²) in [6.07, 6.45) is 5.76. The SMILES string of the molecule is CCCCc1nnc(CCCNC(C)C)s1. The summed E-state index contributed by atoms with van der Waals surface area (Å²) in [7, 11) is 0. The van der Waals surface area contributed by atoms with Crippen molar-refractivity contribution >= 4 is 11.3 Å². The van der Waals surface area contributed by atoms with Gasteiger partial charge in [-0.05, 0) is 19.4 Å². The molecule has 0 saturated carbocycles. The number of aromatic nitrogens is 2. The molecule has 1 N–H and O–H groups in total. The molecule has 92 valence electrons. The second-order valence-electron chi connectivity index (χ2n) is 4.41. The molecule has 0 saturated heterocycles. The third-order valence-corrected chi connectivity index (χ3v) is 3.42. The molecule has 3 nitrogen and oxygen atoms in total. The third-order valence-electron chi connectivity index (χ3n) is 2.37. The summed E-state index contributed by atoms with van der Waals surface area (Å²) in [6, 6.07) is 0.578. The van der Waals surface area contributed by atoms with Gasteiger partial charge in [0.25, 0.3) is 0 Å². The summed E-state index contributed by atoms with van der Waals surface area (Å²) in [5.41, 5.74) is 0. The Morgan fingerprint density at radius 1 is 1.12 bits per heavy atom. The maximum atomic E-state index is 4.23. The van der Waals surface area contributed by atoms with Crippen molar-refractivity contribution in [3.05, 3.63) is 10.0 Å². The Kier molecular flexibility index (Phi) is 6.57. The number of aryl methyl sites for hydroxylation is 2. The highest BCUT2D eigenvalue weighted by Gasteiger charge is 2.03. The lowest BCUT2D eigenvalue weighted by molar-refractivity contribution is 0.569. The van der Waals surface area contributed by atoms with Crippen molar-refractivity contribution in [1.82, 2.24) is 15.5 Å². The summed E-state index contributed by atoms with van der Waals surface area (Å²) >= 11 is 1.78. The molecule has 0 radical (unpaired) electrons. The summed E-state index contributed by atoms with van der Waals surface area (Å²) in [4.78, 5) is 0. The number of hydrogen-bond acceptors (Lipinski definition) is 4. The van der Waals surface area contributed by atoms with Crippen molar-refractivity contribution in [2.75, 3.05) is 6.54 Å². The molecule has 1 aromatic rings. The normalized spacial score (nSPS) is 11.2. The van der Waals surface area contributed by atoms with E-state index in [2.05, 4.69) is 36.3 Å². The van der Waals surface area contributed by atoms with E-state index < -0.39 is 0 Å². The molecular formula is C12H23N3S. The minimum atomic E-state index is 0.578. The van der Waals surface area contributed by atoms with E-state index in [1.54, 1.807) is 11.3 Å². The molecule has 1 heterocycles. The Morgan fingerprint density at radius 3 is 2.31 bits per heavy atom. The summed E-state index contributed by atoms with van der Waals surface area (Å²) in [5, 5.41) is 14.2. The largest absolute Gasteiger partial charge is 0.315 e. The molecule has 1 aromatic heterocycles. The average Bonchev–Trinajstić information content (AvgIpc) is 2.69. The van der Waals surface area contributed by atoms with Gasteiger partial charge in [-0.3, -0.25) is 0 Å². The summed E-state index contributed by atoms with van der Waals surface area (Å²) in [5.74, 6) is 0. The van der Waals surface area contributed by atoms with Crippen LogP contribution >= 0.6 is 11.3 Å². The molecule has 0 fully saturated rings. The van der Waals surface area contributed by atoms with Gasteiger partial charge in [-0.1, -0.05) is 27.2 Å². The number of rotatable bonds is 8. The van der Waals surface area contributed by atoms with Gasteiger partial charge >= 0.3 is 0 Å². The van der Waals surface area contributed by atoms with Gasteiger partial charge in [0.15, 0.2) is 0 Å². The van der Waals surface area contributed by atoms with E-state index >= 15 is 0 Å². The molecule has 0 bridgehead atoms. The summed E-state index contributed by atoms with van der Waals surface area (Å²) < 4.78 is 0. The topological polar surface area (TPSA) is 37.8 Å². The van der Waals surface area contributed by atoms with Crippen molar-refractivity contribution in [1.29, 1.82) is 0 Å². The minimum absolute atomic E-state index is 0.578. The molecule has 0 spiro atoms. The fraction of sp³-hybridized carbons (Fsp3) is 0.833. The van der Waals surface area contributed by atoms with Gasteiger partial charge in [-0.2, -0.15) is 0 Å². The van der Waals surface area contributed by atoms with Gasteiger partial charge < -0.3 is 5.32 Å². The highest BCUT2D eigenvalue weighted by Crippen LogP contribution is 2.13. The Bertz CT molecular complexity index is 284. The first-order valence-corrected chi connectivity index (χ1v) is 7.08. The van der Waals surface area contributed by atoms with Crippen LogP contribution in [0.1, 0.15) is 50.0 Å². The third kappa shape index (κ3) is 5.56. The fourth-order valence-electron chi connectivity index (χ4n) is 1.45. The number of nitrogens with one attached hydrogen (secondary N) is 1. The molecule has 0 unspecified atom stereocenters. The second kappa shape index (κ2) is 7.74. The van der Waals surface area contributed by atoms with Gasteiger partial charge in [-0.15, -0.1) is 21.5 Å². The number of hydrogen-bond donors (Lipinski definition) is 1. The molecule has 16 heavy (non-hydrogen) atoms. The van der Waals surface area contributed by atoms with Crippen molar-refractivity contribution in [2.45, 2.75) is 58.9 Å². The zero-order chi connectivity index (χ0) is 11.8. The Morgan fingerprint density at radius 2 is 1.75 bits per heavy atom. The lowest BCUT2D eigenvalue weighted by Gasteiger charge is -2.05. The van der Waals surface area contributed by atoms with Crippen molar-refractivity contribution in [3.63, 3.8) is 0 Å². The average molecular weight is 241 g/mol. The highest BCUT2D eigenvalue weighted by atomic mass is 32.1. The van der Waals surface area contributed by atoms with E-state index in [1.807, 2.05) is 0 Å². The second-order valence-corrected chi connectivity index (χ2v) is 5.55. The lowest BCUT2D eigenvalue weighted by Crippen LogP contribution is -2.23. The fourth-order valence-corrected chi connectivity index (χ4v) is 2.38. The molecule has 0 aliphatic rings. The van der Waals surface area contributed by atoms with Crippen LogP contribution in [-0.2, 0) is 12.8 Å². The molecule has 4 heteroatoms. The monoisotopic (exact) mass is 241 g/mol. The first-order chi connectivity index (χ1) is 7.72. The van der Waals surface area contributed by atoms with Crippen LogP contribution in [0.5, 0.6) is 0 Å². The lowest BCUT2D eigenvalue weighted by atomic mass is 10.3. The highest BCUT2D eigenvalue weighted by molar-refractivity contribution is 7.11. The van der Waals surface area contributed by atoms with Crippen molar-refractivity contribution in [3.8, 4) is 0 Å². The van der Waals surface area contributed by atoms with Gasteiger partial charge in [0, 0.05) is 18.9 Å². The van der Waals surface area contributed by atoms with E-state index in [0.717, 1.165) is 25.8 Å². The zero-order valence-electron chi connectivity index (χ0n) is 10.6. The van der Waals surface area contributed by atoms with Crippen molar-refractivity contribution in [2.24, 2.45) is 0 Å². The molecular weight excluding hydrogens is 218 g/mol. The Hall–Kier alpha value is -0.480. The Balaban J connectivity index is 2.19. The molecule has 0 aromatic carbocycles. The van der Waals surface area contributed by atoms with E-state index in [9.17, 15) is 0 Å². The van der Waals surface area contributed by atoms with Crippen LogP contribution in [0.15, 0.2) is 0 Å². The quantitative estimate of drug-likeness (QED) is 0.711. The molecule has 0 aliphatic heterocycles. The maximum Gasteiger partial charge on any atom is 0.117 e. The standard InChI is InChI=1S/C12H23N3S/c1-4-5-7-11-14-15-12(16-11)8-6-9-13-10(2)3/h10,13H,4-9H2,1-3H3. The van der Waals surface area contributed by atoms with Crippen LogP contribution in [0.2, 0.25) is 0 Å². The van der Waals surface area contributed by atoms with Gasteiger partial charge in [-0.25, -0.2) is 0 Å². The van der Waals surface area contributed by atoms with Crippen LogP contribution in [0.25, 0.3) is 0 Å². The van der Waals surface area contributed by atoms with Gasteiger partial charge in [0.05, 0.1) is 0 Å². The van der Waals surface area contributed by atoms with Crippen LogP contribution in [-0.4, -0.2) is 22.8 Å². The first kappa shape index (κ1) is 13.6. The predicted molar refractivity (Wildman–Crippen MR) is 70.0 cm³/mol. The predicted octanol–water partition coefficient (Wildman–Crippen LogP) is 2.81. The van der Waals surface area contributed by atoms with Crippen molar-refractivity contribution < 1.29 is 0 Å². The minimum Gasteiger partial charge on any atom is -0.315 e. The van der Waals surface area contributed by atoms with E-state index in [-0.39, 0.29) is 0 Å². The Labute approximate surface area is 103 Å². The molecule has 0 aliphatic carbocycles. The number of unbranched alkanes of at least 4 members (excludes halogenated alkanes) is 1. The van der Waals surface area contributed by atoms with E-state index in [0.29, 0.717) is 6.04 Å². The maximum absolute atomic E-state index is 4.23. The summed E-state index contributed by atoms with van der Waals surface area (Å²) in [6.45, 7) is 7.63. The van der Waals surface area contributed by atoms with Crippen LogP contribution in [0.4, 0.5) is 0 Å². The van der Waals surface area contributed by atoms with E-state index in [1.165, 1.54) is 22.9 Å². The first-order valence-electron chi connectivity index (χ1n) is 6.27. The van der Waals surface area contributed by atoms with Crippen LogP contribution < -0.4 is 5.32 Å². The molecule has 1 rings (SSSR count). The molecule has 0 atom stereocenters. The zero-order valence-corrected chi connectivity index (χ0v) is 11.4. The van der Waals surface area contributed by atoms with Crippen LogP contribution in [0, 0.1) is 0 Å². The van der Waals surface area contributed by atoms with Crippen LogP contribution in [0.3, 0.4) is 0 Å². The van der Waals surface area contributed by atoms with Gasteiger partial charge in [0.1, 0.15) is 10.0 Å². The molecule has 0 amide bonds. The van der Waals surface area contributed by atoms with E-state index in [4.69, 9.17) is 0 Å².